The lowest BCUT2D eigenvalue weighted by atomic mass is 10.0. The predicted octanol–water partition coefficient (Wildman–Crippen LogP) is 11.0. The SMILES string of the molecule is O=S(=O)([O-])C(F)(F)F.[I-].c1ccc(COCCCCCCCCCCCCCc2ccc[n+](CCCCCCCCCCCC[P+](c3ccccc3)(c3ccccc3)c3ccccc3)c2)cc1. The highest BCUT2D eigenvalue weighted by molar-refractivity contribution is 7.95. The van der Waals surface area contributed by atoms with Crippen LogP contribution in [0.15, 0.2) is 146 Å². The molecule has 0 saturated carbocycles. The van der Waals surface area contributed by atoms with Crippen molar-refractivity contribution in [1.29, 1.82) is 0 Å². The molecular formula is C56H76F3INO4PS. The number of rotatable bonds is 32. The van der Waals surface area contributed by atoms with Crippen LogP contribution in [0.5, 0.6) is 0 Å². The number of nitrogens with zero attached hydrogens (tertiary/aromatic N) is 1. The molecule has 1 heterocycles. The molecule has 0 atom stereocenters. The highest BCUT2D eigenvalue weighted by atomic mass is 127. The molecule has 0 aliphatic heterocycles. The topological polar surface area (TPSA) is 70.3 Å². The normalized spacial score (nSPS) is 11.7. The van der Waals surface area contributed by atoms with Gasteiger partial charge in [-0.05, 0) is 86.6 Å². The van der Waals surface area contributed by atoms with E-state index < -0.39 is 22.9 Å². The molecular weight excluding hydrogens is 998 g/mol. The van der Waals surface area contributed by atoms with Crippen LogP contribution in [0.25, 0.3) is 0 Å². The van der Waals surface area contributed by atoms with Gasteiger partial charge in [0, 0.05) is 24.7 Å². The second kappa shape index (κ2) is 34.2. The van der Waals surface area contributed by atoms with E-state index in [4.69, 9.17) is 17.7 Å². The van der Waals surface area contributed by atoms with Crippen LogP contribution in [0.4, 0.5) is 13.2 Å². The first-order valence-electron chi connectivity index (χ1n) is 24.8. The van der Waals surface area contributed by atoms with E-state index in [1.54, 1.807) is 0 Å². The van der Waals surface area contributed by atoms with Gasteiger partial charge in [0.2, 0.25) is 0 Å². The molecule has 0 fully saturated rings. The maximum Gasteiger partial charge on any atom is 0.485 e. The molecule has 368 valence electrons. The number of alkyl halides is 3. The third kappa shape index (κ3) is 23.3. The molecule has 5 aromatic rings. The van der Waals surface area contributed by atoms with Gasteiger partial charge in [-0.1, -0.05) is 181 Å². The zero-order valence-corrected chi connectivity index (χ0v) is 43.6. The number of pyridine rings is 1. The minimum absolute atomic E-state index is 0. The van der Waals surface area contributed by atoms with E-state index in [1.807, 2.05) is 0 Å². The van der Waals surface area contributed by atoms with Crippen LogP contribution in [-0.2, 0) is 34.4 Å². The molecule has 0 amide bonds. The van der Waals surface area contributed by atoms with E-state index >= 15 is 0 Å². The van der Waals surface area contributed by atoms with Gasteiger partial charge in [-0.3, -0.25) is 0 Å². The van der Waals surface area contributed by atoms with Crippen LogP contribution in [0, 0.1) is 0 Å². The minimum Gasteiger partial charge on any atom is -1.00 e. The lowest BCUT2D eigenvalue weighted by molar-refractivity contribution is -0.697. The number of halogens is 4. The van der Waals surface area contributed by atoms with Crippen molar-refractivity contribution in [3.8, 4) is 0 Å². The molecule has 0 unspecified atom stereocenters. The summed E-state index contributed by atoms with van der Waals surface area (Å²) in [5.74, 6) is 0. The number of hydrogen-bond donors (Lipinski definition) is 0. The van der Waals surface area contributed by atoms with Gasteiger partial charge >= 0.3 is 5.51 Å². The second-order valence-electron chi connectivity index (χ2n) is 17.6. The number of aryl methyl sites for hydroxylation is 2. The molecule has 0 bridgehead atoms. The van der Waals surface area contributed by atoms with Gasteiger partial charge in [-0.15, -0.1) is 0 Å². The van der Waals surface area contributed by atoms with Gasteiger partial charge in [0.05, 0.1) is 12.8 Å². The molecule has 5 rings (SSSR count). The van der Waals surface area contributed by atoms with Gasteiger partial charge < -0.3 is 33.3 Å². The minimum atomic E-state index is -6.09. The largest absolute Gasteiger partial charge is 1.00 e. The van der Waals surface area contributed by atoms with Crippen molar-refractivity contribution >= 4 is 33.3 Å². The molecule has 0 aliphatic rings. The number of benzene rings is 4. The van der Waals surface area contributed by atoms with E-state index in [0.29, 0.717) is 0 Å². The van der Waals surface area contributed by atoms with E-state index in [9.17, 15) is 13.2 Å². The van der Waals surface area contributed by atoms with E-state index in [-0.39, 0.29) is 24.0 Å². The molecule has 0 N–H and O–H groups in total. The van der Waals surface area contributed by atoms with E-state index in [2.05, 4.69) is 150 Å². The van der Waals surface area contributed by atoms with Crippen molar-refractivity contribution in [3.63, 3.8) is 0 Å². The summed E-state index contributed by atoms with van der Waals surface area (Å²) >= 11 is 0. The molecule has 1 aromatic heterocycles. The van der Waals surface area contributed by atoms with Crippen LogP contribution in [-0.4, -0.2) is 31.2 Å². The van der Waals surface area contributed by atoms with Gasteiger partial charge in [-0.25, -0.2) is 13.0 Å². The summed E-state index contributed by atoms with van der Waals surface area (Å²) in [6.07, 6.45) is 35.7. The average Bonchev–Trinajstić information content (AvgIpc) is 3.33. The summed E-state index contributed by atoms with van der Waals surface area (Å²) in [5.41, 5.74) is -2.86. The molecule has 67 heavy (non-hydrogen) atoms. The quantitative estimate of drug-likeness (QED) is 0.0107. The van der Waals surface area contributed by atoms with Gasteiger partial charge in [-0.2, -0.15) is 13.2 Å². The third-order valence-corrected chi connectivity index (χ3v) is 17.4. The standard InChI is InChI=1S/C55H76NOP.CHF3O3S.HI/c1(4-8-12-16-32-47-57-50-52-36-23-18-24-37-52)2-6-10-14-22-35-51-38-34-46-56(49-51)45-31-15-11-7-3-5-9-13-17-33-48-58(53-39-25-19-26-40-53,54-41-27-20-28-42-54)55-43-29-21-30-44-55;2-1(3,4)8(5,6)7;/h18-21,23-30,34,36-44,46,49H,1-17,22,31-33,35,45,47-48,50H2;(H,5,6,7);1H/q+2;;/p-2. The molecule has 0 spiro atoms. The number of unbranched alkanes of at least 4 members (excludes halogenated alkanes) is 19. The maximum absolute atomic E-state index is 10.7. The Kier molecular flexibility index (Phi) is 29.7. The fourth-order valence-electron chi connectivity index (χ4n) is 8.69. The summed E-state index contributed by atoms with van der Waals surface area (Å²) in [4.78, 5) is 0. The van der Waals surface area contributed by atoms with Crippen LogP contribution >= 0.6 is 7.26 Å². The Morgan fingerprint density at radius 1 is 0.478 bits per heavy atom. The van der Waals surface area contributed by atoms with E-state index in [0.717, 1.165) is 19.8 Å². The fraction of sp³-hybridized carbons (Fsp3) is 0.482. The van der Waals surface area contributed by atoms with Crippen LogP contribution in [0.3, 0.4) is 0 Å². The first-order valence-corrected chi connectivity index (χ1v) is 28.1. The summed E-state index contributed by atoms with van der Waals surface area (Å²) in [6, 6.07) is 49.2. The zero-order chi connectivity index (χ0) is 47.0. The Morgan fingerprint density at radius 3 is 1.27 bits per heavy atom. The Balaban J connectivity index is 0.00000121. The van der Waals surface area contributed by atoms with Crippen molar-refractivity contribution in [2.24, 2.45) is 0 Å². The maximum atomic E-state index is 10.7. The van der Waals surface area contributed by atoms with Gasteiger partial charge in [0.1, 0.15) is 29.7 Å². The molecule has 0 saturated heterocycles. The lowest BCUT2D eigenvalue weighted by Crippen LogP contribution is -3.00. The molecule has 4 aromatic carbocycles. The van der Waals surface area contributed by atoms with Crippen molar-refractivity contribution in [2.75, 3.05) is 12.8 Å². The van der Waals surface area contributed by atoms with Crippen molar-refractivity contribution in [2.45, 2.75) is 160 Å². The van der Waals surface area contributed by atoms with Crippen molar-refractivity contribution < 1.29 is 59.4 Å². The molecule has 0 aliphatic carbocycles. The monoisotopic (exact) mass is 1070 g/mol. The molecule has 0 radical (unpaired) electrons. The Hall–Kier alpha value is -3.15. The lowest BCUT2D eigenvalue weighted by Gasteiger charge is -2.27. The predicted molar refractivity (Wildman–Crippen MR) is 269 cm³/mol. The number of ether oxygens (including phenoxy) is 1. The summed E-state index contributed by atoms with van der Waals surface area (Å²) in [7, 11) is -7.77. The first-order chi connectivity index (χ1) is 32.1. The number of hydrogen-bond acceptors (Lipinski definition) is 4. The second-order valence-corrected chi connectivity index (χ2v) is 22.6. The average molecular weight is 1070 g/mol. The zero-order valence-electron chi connectivity index (χ0n) is 39.7. The van der Waals surface area contributed by atoms with E-state index in [1.165, 1.54) is 174 Å². The smallest absolute Gasteiger partial charge is 0.485 e. The highest BCUT2D eigenvalue weighted by Gasteiger charge is 2.44. The van der Waals surface area contributed by atoms with Crippen molar-refractivity contribution in [1.82, 2.24) is 0 Å². The number of aromatic nitrogens is 1. The van der Waals surface area contributed by atoms with Crippen LogP contribution < -0.4 is 44.5 Å². The van der Waals surface area contributed by atoms with Crippen LogP contribution in [0.2, 0.25) is 0 Å². The summed E-state index contributed by atoms with van der Waals surface area (Å²) < 4.78 is 67.2. The van der Waals surface area contributed by atoms with Crippen LogP contribution in [0.1, 0.15) is 146 Å². The molecule has 5 nitrogen and oxygen atoms in total. The van der Waals surface area contributed by atoms with Gasteiger partial charge in [0.25, 0.3) is 0 Å². The summed E-state index contributed by atoms with van der Waals surface area (Å²) in [6.45, 7) is 2.80. The Morgan fingerprint density at radius 2 is 0.836 bits per heavy atom. The first kappa shape index (κ1) is 58.2. The van der Waals surface area contributed by atoms with Crippen molar-refractivity contribution in [3.05, 3.63) is 157 Å². The third-order valence-electron chi connectivity index (χ3n) is 12.3. The fourth-order valence-corrected chi connectivity index (χ4v) is 13.1. The Labute approximate surface area is 419 Å². The van der Waals surface area contributed by atoms with Gasteiger partial charge in [0.15, 0.2) is 22.5 Å². The molecule has 11 heteroatoms. The Bertz CT molecular complexity index is 1990. The highest BCUT2D eigenvalue weighted by Crippen LogP contribution is 2.56. The summed E-state index contributed by atoms with van der Waals surface area (Å²) in [5, 5.41) is 4.54.